The smallest absolute Gasteiger partial charge is 0.209 e. The molecule has 1 unspecified atom stereocenters. The molecule has 0 amide bonds. The highest BCUT2D eigenvalue weighted by Gasteiger charge is 2.22. The van der Waals surface area contributed by atoms with Gasteiger partial charge in [-0.15, -0.1) is 0 Å². The minimum atomic E-state index is -3.20. The maximum absolute atomic E-state index is 11.3. The van der Waals surface area contributed by atoms with Crippen LogP contribution in [0.15, 0.2) is 24.3 Å². The van der Waals surface area contributed by atoms with E-state index in [9.17, 15) is 8.42 Å². The van der Waals surface area contributed by atoms with Crippen LogP contribution in [0.3, 0.4) is 0 Å². The molecule has 0 bridgehead atoms. The van der Waals surface area contributed by atoms with Gasteiger partial charge in [-0.3, -0.25) is 0 Å². The van der Waals surface area contributed by atoms with Crippen molar-refractivity contribution >= 4 is 10.0 Å². The van der Waals surface area contributed by atoms with Gasteiger partial charge in [-0.2, -0.15) is 0 Å². The summed E-state index contributed by atoms with van der Waals surface area (Å²) in [4.78, 5) is 0. The molecule has 21 heavy (non-hydrogen) atoms. The Labute approximate surface area is 129 Å². The minimum absolute atomic E-state index is 0.173. The van der Waals surface area contributed by atoms with Crippen LogP contribution in [0.5, 0.6) is 0 Å². The van der Waals surface area contributed by atoms with Crippen molar-refractivity contribution in [3.63, 3.8) is 0 Å². The van der Waals surface area contributed by atoms with Crippen molar-refractivity contribution in [3.05, 3.63) is 35.4 Å². The molecule has 0 heterocycles. The second kappa shape index (κ2) is 6.90. The first-order chi connectivity index (χ1) is 9.50. The predicted octanol–water partition coefficient (Wildman–Crippen LogP) is 2.79. The van der Waals surface area contributed by atoms with Gasteiger partial charge in [0.15, 0.2) is 0 Å². The molecule has 1 rings (SSSR count). The molecule has 0 saturated heterocycles. The van der Waals surface area contributed by atoms with Gasteiger partial charge in [-0.1, -0.05) is 38.1 Å². The van der Waals surface area contributed by atoms with Crippen LogP contribution in [0, 0.1) is 0 Å². The number of sulfonamides is 1. The molecular formula is C16H28N2O2S. The second-order valence-electron chi connectivity index (χ2n) is 6.68. The quantitative estimate of drug-likeness (QED) is 0.814. The Hall–Kier alpha value is -0.910. The number of rotatable bonds is 7. The lowest BCUT2D eigenvalue weighted by Crippen LogP contribution is -2.50. The summed E-state index contributed by atoms with van der Waals surface area (Å²) in [5.74, 6) is 0.528. The van der Waals surface area contributed by atoms with Crippen LogP contribution in [0.25, 0.3) is 0 Å². The van der Waals surface area contributed by atoms with Crippen LogP contribution in [0.1, 0.15) is 57.7 Å². The van der Waals surface area contributed by atoms with E-state index in [2.05, 4.69) is 55.1 Å². The Morgan fingerprint density at radius 1 is 1.05 bits per heavy atom. The van der Waals surface area contributed by atoms with Crippen LogP contribution < -0.4 is 10.0 Å². The minimum Gasteiger partial charge on any atom is -0.308 e. The first-order valence-electron chi connectivity index (χ1n) is 7.32. The Morgan fingerprint density at radius 3 is 1.95 bits per heavy atom. The van der Waals surface area contributed by atoms with Crippen LogP contribution in [0.2, 0.25) is 0 Å². The van der Waals surface area contributed by atoms with Gasteiger partial charge in [-0.25, -0.2) is 13.1 Å². The van der Waals surface area contributed by atoms with Gasteiger partial charge in [0.2, 0.25) is 10.0 Å². The van der Waals surface area contributed by atoms with Crippen LogP contribution in [-0.4, -0.2) is 26.8 Å². The summed E-state index contributed by atoms with van der Waals surface area (Å²) in [5, 5.41) is 3.38. The molecule has 0 aliphatic heterocycles. The van der Waals surface area contributed by atoms with Gasteiger partial charge in [0.05, 0.1) is 6.26 Å². The summed E-state index contributed by atoms with van der Waals surface area (Å²) in [6, 6.07) is 8.73. The summed E-state index contributed by atoms with van der Waals surface area (Å²) >= 11 is 0. The third-order valence-electron chi connectivity index (χ3n) is 3.42. The lowest BCUT2D eigenvalue weighted by atomic mass is 9.99. The van der Waals surface area contributed by atoms with Gasteiger partial charge in [0, 0.05) is 18.1 Å². The molecule has 0 fully saturated rings. The monoisotopic (exact) mass is 312 g/mol. The highest BCUT2D eigenvalue weighted by molar-refractivity contribution is 7.88. The molecule has 0 saturated carbocycles. The average Bonchev–Trinajstić information content (AvgIpc) is 2.33. The van der Waals surface area contributed by atoms with Gasteiger partial charge in [0.25, 0.3) is 0 Å². The zero-order valence-corrected chi connectivity index (χ0v) is 14.7. The molecular weight excluding hydrogens is 284 g/mol. The molecule has 1 aromatic carbocycles. The average molecular weight is 312 g/mol. The molecule has 0 aromatic heterocycles. The molecule has 5 heteroatoms. The summed E-state index contributed by atoms with van der Waals surface area (Å²) in [6.07, 6.45) is 1.18. The molecule has 0 aliphatic carbocycles. The standard InChI is InChI=1S/C16H28N2O2S/c1-12(2)14-7-9-15(10-8-14)13(3)17-11-16(4,5)18-21(6,19)20/h7-10,12-13,17-18H,11H2,1-6H3. The Morgan fingerprint density at radius 2 is 1.52 bits per heavy atom. The van der Waals surface area contributed by atoms with Gasteiger partial charge < -0.3 is 5.32 Å². The van der Waals surface area contributed by atoms with E-state index in [0.717, 1.165) is 0 Å². The third kappa shape index (κ3) is 6.59. The van der Waals surface area contributed by atoms with Crippen LogP contribution >= 0.6 is 0 Å². The SMILES string of the molecule is CC(C)c1ccc(C(C)NCC(C)(C)NS(C)(=O)=O)cc1. The maximum atomic E-state index is 11.3. The molecule has 1 aromatic rings. The van der Waals surface area contributed by atoms with E-state index < -0.39 is 15.6 Å². The van der Waals surface area contributed by atoms with Crippen LogP contribution in [0.4, 0.5) is 0 Å². The normalized spacial score (nSPS) is 14.4. The number of hydrogen-bond acceptors (Lipinski definition) is 3. The van der Waals surface area contributed by atoms with E-state index in [0.29, 0.717) is 12.5 Å². The molecule has 0 aliphatic rings. The highest BCUT2D eigenvalue weighted by Crippen LogP contribution is 2.19. The molecule has 1 atom stereocenters. The largest absolute Gasteiger partial charge is 0.308 e. The molecule has 120 valence electrons. The number of nitrogens with one attached hydrogen (secondary N) is 2. The van der Waals surface area contributed by atoms with Crippen molar-refractivity contribution in [1.82, 2.24) is 10.0 Å². The highest BCUT2D eigenvalue weighted by atomic mass is 32.2. The van der Waals surface area contributed by atoms with Crippen LogP contribution in [-0.2, 0) is 10.0 Å². The fourth-order valence-electron chi connectivity index (χ4n) is 2.23. The van der Waals surface area contributed by atoms with Crippen molar-refractivity contribution in [2.24, 2.45) is 0 Å². The zero-order valence-electron chi connectivity index (χ0n) is 13.9. The Balaban J connectivity index is 2.63. The second-order valence-corrected chi connectivity index (χ2v) is 8.43. The molecule has 0 spiro atoms. The summed E-state index contributed by atoms with van der Waals surface area (Å²) in [5.41, 5.74) is 2.01. The first-order valence-corrected chi connectivity index (χ1v) is 9.21. The summed E-state index contributed by atoms with van der Waals surface area (Å²) in [7, 11) is -3.20. The molecule has 0 radical (unpaired) electrons. The third-order valence-corrected chi connectivity index (χ3v) is 4.34. The van der Waals surface area contributed by atoms with Gasteiger partial charge in [-0.05, 0) is 37.8 Å². The van der Waals surface area contributed by atoms with E-state index in [1.165, 1.54) is 17.4 Å². The number of hydrogen-bond donors (Lipinski definition) is 2. The lowest BCUT2D eigenvalue weighted by Gasteiger charge is -2.27. The van der Waals surface area contributed by atoms with Crippen molar-refractivity contribution in [3.8, 4) is 0 Å². The maximum Gasteiger partial charge on any atom is 0.209 e. The van der Waals surface area contributed by atoms with E-state index >= 15 is 0 Å². The Bertz CT molecular complexity index is 548. The summed E-state index contributed by atoms with van der Waals surface area (Å²) < 4.78 is 25.3. The van der Waals surface area contributed by atoms with E-state index in [1.54, 1.807) is 0 Å². The van der Waals surface area contributed by atoms with E-state index in [-0.39, 0.29) is 6.04 Å². The molecule has 2 N–H and O–H groups in total. The van der Waals surface area contributed by atoms with Crippen molar-refractivity contribution in [1.29, 1.82) is 0 Å². The predicted molar refractivity (Wildman–Crippen MR) is 89.0 cm³/mol. The topological polar surface area (TPSA) is 58.2 Å². The van der Waals surface area contributed by atoms with E-state index in [1.807, 2.05) is 13.8 Å². The van der Waals surface area contributed by atoms with E-state index in [4.69, 9.17) is 0 Å². The fourth-order valence-corrected chi connectivity index (χ4v) is 3.31. The first kappa shape index (κ1) is 18.1. The van der Waals surface area contributed by atoms with Gasteiger partial charge in [0.1, 0.15) is 0 Å². The van der Waals surface area contributed by atoms with Crippen molar-refractivity contribution in [2.75, 3.05) is 12.8 Å². The zero-order chi connectivity index (χ0) is 16.3. The fraction of sp³-hybridized carbons (Fsp3) is 0.625. The van der Waals surface area contributed by atoms with Crippen molar-refractivity contribution < 1.29 is 8.42 Å². The van der Waals surface area contributed by atoms with Crippen molar-refractivity contribution in [2.45, 2.75) is 52.1 Å². The molecule has 4 nitrogen and oxygen atoms in total. The number of benzene rings is 1. The van der Waals surface area contributed by atoms with Gasteiger partial charge >= 0.3 is 0 Å². The summed E-state index contributed by atoms with van der Waals surface area (Å²) in [6.45, 7) is 10.7. The lowest BCUT2D eigenvalue weighted by molar-refractivity contribution is 0.399. The Kier molecular flexibility index (Phi) is 5.96.